The molecule has 3 rings (SSSR count). The molecular weight excluding hydrogens is 304 g/mol. The molecule has 2 aromatic rings. The summed E-state index contributed by atoms with van der Waals surface area (Å²) in [7, 11) is 0. The molecule has 0 saturated carbocycles. The van der Waals surface area contributed by atoms with Gasteiger partial charge < -0.3 is 15.4 Å². The maximum absolute atomic E-state index is 5.34. The van der Waals surface area contributed by atoms with Crippen molar-refractivity contribution in [1.82, 2.24) is 20.1 Å². The molecule has 0 bridgehead atoms. The molecular formula is C17H24N6O. The number of nitrogens with one attached hydrogen (secondary N) is 2. The summed E-state index contributed by atoms with van der Waals surface area (Å²) in [6, 6.07) is 8.43. The Balaban J connectivity index is 1.45. The van der Waals surface area contributed by atoms with Crippen molar-refractivity contribution >= 4 is 11.8 Å². The van der Waals surface area contributed by atoms with Gasteiger partial charge in [0.1, 0.15) is 0 Å². The van der Waals surface area contributed by atoms with Crippen molar-refractivity contribution in [1.29, 1.82) is 0 Å². The average molecular weight is 328 g/mol. The number of hydrogen-bond donors (Lipinski definition) is 2. The minimum absolute atomic E-state index is 0.553. The fourth-order valence-electron chi connectivity index (χ4n) is 2.51. The second kappa shape index (κ2) is 8.56. The van der Waals surface area contributed by atoms with Crippen LogP contribution in [0.1, 0.15) is 11.1 Å². The molecule has 24 heavy (non-hydrogen) atoms. The molecule has 1 aliphatic heterocycles. The van der Waals surface area contributed by atoms with E-state index in [1.807, 2.05) is 0 Å². The van der Waals surface area contributed by atoms with E-state index in [4.69, 9.17) is 4.74 Å². The van der Waals surface area contributed by atoms with Gasteiger partial charge >= 0.3 is 0 Å². The van der Waals surface area contributed by atoms with Gasteiger partial charge in [-0.2, -0.15) is 10.1 Å². The number of rotatable bonds is 7. The highest BCUT2D eigenvalue weighted by Gasteiger charge is 2.09. The number of anilines is 2. The van der Waals surface area contributed by atoms with Gasteiger partial charge in [0.2, 0.25) is 5.95 Å². The summed E-state index contributed by atoms with van der Waals surface area (Å²) in [6.07, 6.45) is 1.64. The van der Waals surface area contributed by atoms with Crippen LogP contribution in [0.4, 0.5) is 11.8 Å². The van der Waals surface area contributed by atoms with Crippen LogP contribution in [0.2, 0.25) is 0 Å². The zero-order chi connectivity index (χ0) is 16.6. The van der Waals surface area contributed by atoms with Crippen molar-refractivity contribution < 1.29 is 4.74 Å². The Morgan fingerprint density at radius 1 is 1.12 bits per heavy atom. The lowest BCUT2D eigenvalue weighted by atomic mass is 10.1. The Bertz CT molecular complexity index is 627. The number of morpholine rings is 1. The van der Waals surface area contributed by atoms with Crippen LogP contribution in [0.5, 0.6) is 0 Å². The highest BCUT2D eigenvalue weighted by atomic mass is 16.5. The van der Waals surface area contributed by atoms with Crippen molar-refractivity contribution in [2.45, 2.75) is 13.5 Å². The molecule has 0 spiro atoms. The number of aromatic nitrogens is 3. The van der Waals surface area contributed by atoms with E-state index >= 15 is 0 Å². The van der Waals surface area contributed by atoms with E-state index in [1.54, 1.807) is 6.20 Å². The first-order chi connectivity index (χ1) is 11.8. The summed E-state index contributed by atoms with van der Waals surface area (Å²) in [5.41, 5.74) is 2.47. The molecule has 1 aliphatic rings. The fraction of sp³-hybridized carbons (Fsp3) is 0.471. The third-order valence-corrected chi connectivity index (χ3v) is 3.97. The average Bonchev–Trinajstić information content (AvgIpc) is 2.63. The standard InChI is InChI=1S/C17H24N6O/c1-14-2-4-15(5-3-14)12-19-16-13-20-22-17(21-16)18-6-7-23-8-10-24-11-9-23/h2-5,13H,6-12H2,1H3,(H2,18,19,21,22). The number of aryl methyl sites for hydroxylation is 1. The summed E-state index contributed by atoms with van der Waals surface area (Å²) in [5.74, 6) is 1.27. The molecule has 128 valence electrons. The van der Waals surface area contributed by atoms with Gasteiger partial charge in [0.15, 0.2) is 5.82 Å². The predicted octanol–water partition coefficient (Wildman–Crippen LogP) is 1.54. The minimum Gasteiger partial charge on any atom is -0.379 e. The third kappa shape index (κ3) is 5.14. The number of hydrogen-bond acceptors (Lipinski definition) is 7. The zero-order valence-electron chi connectivity index (χ0n) is 14.0. The van der Waals surface area contributed by atoms with Gasteiger partial charge in [-0.15, -0.1) is 5.10 Å². The fourth-order valence-corrected chi connectivity index (χ4v) is 2.51. The maximum atomic E-state index is 5.34. The molecule has 2 N–H and O–H groups in total. The van der Waals surface area contributed by atoms with Crippen LogP contribution in [-0.4, -0.2) is 59.5 Å². The maximum Gasteiger partial charge on any atom is 0.244 e. The van der Waals surface area contributed by atoms with Crippen LogP contribution < -0.4 is 10.6 Å². The van der Waals surface area contributed by atoms with Crippen LogP contribution >= 0.6 is 0 Å². The molecule has 1 saturated heterocycles. The molecule has 1 aromatic heterocycles. The van der Waals surface area contributed by atoms with E-state index in [9.17, 15) is 0 Å². The molecule has 2 heterocycles. The Hall–Kier alpha value is -2.25. The monoisotopic (exact) mass is 328 g/mol. The third-order valence-electron chi connectivity index (χ3n) is 3.97. The molecule has 0 amide bonds. The van der Waals surface area contributed by atoms with Crippen molar-refractivity contribution in [3.05, 3.63) is 41.6 Å². The minimum atomic E-state index is 0.553. The van der Waals surface area contributed by atoms with Crippen molar-refractivity contribution in [2.75, 3.05) is 50.0 Å². The van der Waals surface area contributed by atoms with Gasteiger partial charge in [0.05, 0.1) is 19.4 Å². The second-order valence-corrected chi connectivity index (χ2v) is 5.89. The Kier molecular flexibility index (Phi) is 5.92. The predicted molar refractivity (Wildman–Crippen MR) is 94.1 cm³/mol. The lowest BCUT2D eigenvalue weighted by Gasteiger charge is -2.26. The van der Waals surface area contributed by atoms with Crippen LogP contribution in [-0.2, 0) is 11.3 Å². The van der Waals surface area contributed by atoms with Crippen LogP contribution in [0.25, 0.3) is 0 Å². The largest absolute Gasteiger partial charge is 0.379 e. The highest BCUT2D eigenvalue weighted by Crippen LogP contribution is 2.08. The van der Waals surface area contributed by atoms with Crippen molar-refractivity contribution in [3.63, 3.8) is 0 Å². The Morgan fingerprint density at radius 2 is 1.92 bits per heavy atom. The van der Waals surface area contributed by atoms with Crippen LogP contribution in [0.3, 0.4) is 0 Å². The lowest BCUT2D eigenvalue weighted by Crippen LogP contribution is -2.39. The van der Waals surface area contributed by atoms with Gasteiger partial charge in [0, 0.05) is 32.7 Å². The van der Waals surface area contributed by atoms with E-state index in [0.717, 1.165) is 45.2 Å². The summed E-state index contributed by atoms with van der Waals surface area (Å²) in [4.78, 5) is 6.81. The first-order valence-corrected chi connectivity index (χ1v) is 8.33. The number of benzene rings is 1. The van der Waals surface area contributed by atoms with E-state index in [0.29, 0.717) is 12.5 Å². The topological polar surface area (TPSA) is 75.2 Å². The molecule has 0 atom stereocenters. The van der Waals surface area contributed by atoms with Gasteiger partial charge in [-0.3, -0.25) is 4.90 Å². The van der Waals surface area contributed by atoms with Crippen molar-refractivity contribution in [2.24, 2.45) is 0 Å². The van der Waals surface area contributed by atoms with Gasteiger partial charge in [0.25, 0.3) is 0 Å². The smallest absolute Gasteiger partial charge is 0.244 e. The lowest BCUT2D eigenvalue weighted by molar-refractivity contribution is 0.0398. The van der Waals surface area contributed by atoms with E-state index in [2.05, 4.69) is 61.9 Å². The summed E-state index contributed by atoms with van der Waals surface area (Å²) in [6.45, 7) is 8.15. The Morgan fingerprint density at radius 3 is 2.71 bits per heavy atom. The summed E-state index contributed by atoms with van der Waals surface area (Å²) < 4.78 is 5.34. The summed E-state index contributed by atoms with van der Waals surface area (Å²) >= 11 is 0. The first kappa shape index (κ1) is 16.6. The van der Waals surface area contributed by atoms with E-state index in [-0.39, 0.29) is 0 Å². The van der Waals surface area contributed by atoms with E-state index in [1.165, 1.54) is 11.1 Å². The first-order valence-electron chi connectivity index (χ1n) is 8.33. The molecule has 0 aliphatic carbocycles. The Labute approximate surface area is 142 Å². The summed E-state index contributed by atoms with van der Waals surface area (Å²) in [5, 5.41) is 14.5. The SMILES string of the molecule is Cc1ccc(CNc2cnnc(NCCN3CCOCC3)n2)cc1. The zero-order valence-corrected chi connectivity index (χ0v) is 14.0. The molecule has 1 fully saturated rings. The molecule has 7 nitrogen and oxygen atoms in total. The molecule has 1 aromatic carbocycles. The molecule has 0 unspecified atom stereocenters. The number of ether oxygens (including phenoxy) is 1. The normalized spacial score (nSPS) is 15.2. The molecule has 7 heteroatoms. The van der Waals surface area contributed by atoms with Crippen LogP contribution in [0.15, 0.2) is 30.5 Å². The molecule has 0 radical (unpaired) electrons. The highest BCUT2D eigenvalue weighted by molar-refractivity contribution is 5.38. The van der Waals surface area contributed by atoms with Gasteiger partial charge in [-0.25, -0.2) is 0 Å². The van der Waals surface area contributed by atoms with Gasteiger partial charge in [-0.05, 0) is 12.5 Å². The quantitative estimate of drug-likeness (QED) is 0.798. The van der Waals surface area contributed by atoms with Crippen molar-refractivity contribution in [3.8, 4) is 0 Å². The second-order valence-electron chi connectivity index (χ2n) is 5.89. The van der Waals surface area contributed by atoms with Crippen LogP contribution in [0, 0.1) is 6.92 Å². The number of nitrogens with zero attached hydrogens (tertiary/aromatic N) is 4. The van der Waals surface area contributed by atoms with Gasteiger partial charge in [-0.1, -0.05) is 29.8 Å². The van der Waals surface area contributed by atoms with E-state index < -0.39 is 0 Å².